The maximum absolute atomic E-state index is 9.77. The van der Waals surface area contributed by atoms with Crippen molar-refractivity contribution in [3.05, 3.63) is 12.2 Å². The summed E-state index contributed by atoms with van der Waals surface area (Å²) in [5, 5.41) is 18.4. The van der Waals surface area contributed by atoms with E-state index in [2.05, 4.69) is 0 Å². The van der Waals surface area contributed by atoms with E-state index in [1.165, 1.54) is 0 Å². The van der Waals surface area contributed by atoms with Crippen LogP contribution < -0.4 is 0 Å². The van der Waals surface area contributed by atoms with Crippen molar-refractivity contribution in [2.75, 3.05) is 13.2 Å². The van der Waals surface area contributed by atoms with Gasteiger partial charge in [-0.05, 0) is 19.3 Å². The van der Waals surface area contributed by atoms with Crippen LogP contribution in [0.1, 0.15) is 19.3 Å². The van der Waals surface area contributed by atoms with Crippen LogP contribution in [0.3, 0.4) is 0 Å². The van der Waals surface area contributed by atoms with Crippen molar-refractivity contribution in [3.8, 4) is 0 Å². The van der Waals surface area contributed by atoms with E-state index in [1.54, 1.807) is 0 Å². The standard InChI is InChI=1S/C11H18O4/c12-5-1-2-6-14-11(13)9-7-8-3-4-10(9)15-8/h3-4,8-13H,1-2,5-7H2. The zero-order chi connectivity index (χ0) is 10.7. The van der Waals surface area contributed by atoms with Gasteiger partial charge in [-0.1, -0.05) is 12.2 Å². The maximum atomic E-state index is 9.77. The number of rotatable bonds is 6. The lowest BCUT2D eigenvalue weighted by Crippen LogP contribution is -2.30. The molecule has 2 rings (SSSR count). The molecule has 4 heteroatoms. The lowest BCUT2D eigenvalue weighted by Gasteiger charge is -2.22. The molecule has 0 spiro atoms. The number of ether oxygens (including phenoxy) is 2. The fourth-order valence-corrected chi connectivity index (χ4v) is 2.13. The van der Waals surface area contributed by atoms with Crippen molar-refractivity contribution in [3.63, 3.8) is 0 Å². The fourth-order valence-electron chi connectivity index (χ4n) is 2.13. The highest BCUT2D eigenvalue weighted by molar-refractivity contribution is 5.11. The Morgan fingerprint density at radius 1 is 1.40 bits per heavy atom. The van der Waals surface area contributed by atoms with Gasteiger partial charge in [-0.3, -0.25) is 0 Å². The molecule has 2 aliphatic rings. The van der Waals surface area contributed by atoms with Gasteiger partial charge in [-0.15, -0.1) is 0 Å². The molecule has 0 aromatic heterocycles. The molecule has 2 bridgehead atoms. The van der Waals surface area contributed by atoms with E-state index in [9.17, 15) is 5.11 Å². The molecule has 15 heavy (non-hydrogen) atoms. The molecule has 2 heterocycles. The van der Waals surface area contributed by atoms with Crippen LogP contribution in [0.15, 0.2) is 12.2 Å². The second-order valence-electron chi connectivity index (χ2n) is 4.12. The summed E-state index contributed by atoms with van der Waals surface area (Å²) in [7, 11) is 0. The molecule has 0 aromatic carbocycles. The number of aliphatic hydroxyl groups excluding tert-OH is 2. The molecule has 1 saturated heterocycles. The van der Waals surface area contributed by atoms with E-state index >= 15 is 0 Å². The zero-order valence-corrected chi connectivity index (χ0v) is 8.71. The number of aliphatic hydroxyl groups is 2. The van der Waals surface area contributed by atoms with E-state index < -0.39 is 6.29 Å². The number of unbranched alkanes of at least 4 members (excludes halogenated alkanes) is 1. The van der Waals surface area contributed by atoms with E-state index in [4.69, 9.17) is 14.6 Å². The van der Waals surface area contributed by atoms with Crippen LogP contribution in [-0.2, 0) is 9.47 Å². The van der Waals surface area contributed by atoms with Crippen LogP contribution in [0, 0.1) is 5.92 Å². The molecule has 2 aliphatic heterocycles. The van der Waals surface area contributed by atoms with Crippen LogP contribution >= 0.6 is 0 Å². The van der Waals surface area contributed by atoms with Crippen molar-refractivity contribution < 1.29 is 19.7 Å². The first kappa shape index (κ1) is 11.1. The normalized spacial score (nSPS) is 34.9. The third kappa shape index (κ3) is 2.58. The quantitative estimate of drug-likeness (QED) is 0.382. The van der Waals surface area contributed by atoms with Crippen molar-refractivity contribution in [2.24, 2.45) is 5.92 Å². The predicted octanol–water partition coefficient (Wildman–Crippen LogP) is 0.437. The minimum Gasteiger partial charge on any atom is -0.396 e. The Kier molecular flexibility index (Phi) is 3.75. The molecule has 86 valence electrons. The van der Waals surface area contributed by atoms with Gasteiger partial charge >= 0.3 is 0 Å². The summed E-state index contributed by atoms with van der Waals surface area (Å²) in [6, 6.07) is 0. The molecule has 0 saturated carbocycles. The molecule has 4 unspecified atom stereocenters. The van der Waals surface area contributed by atoms with Crippen molar-refractivity contribution >= 4 is 0 Å². The highest BCUT2D eigenvalue weighted by Crippen LogP contribution is 2.35. The van der Waals surface area contributed by atoms with Gasteiger partial charge in [0.1, 0.15) is 0 Å². The Morgan fingerprint density at radius 2 is 2.27 bits per heavy atom. The molecular weight excluding hydrogens is 196 g/mol. The lowest BCUT2D eigenvalue weighted by atomic mass is 9.94. The Morgan fingerprint density at radius 3 is 2.87 bits per heavy atom. The van der Waals surface area contributed by atoms with Crippen LogP contribution in [0.25, 0.3) is 0 Å². The summed E-state index contributed by atoms with van der Waals surface area (Å²) in [5.41, 5.74) is 0. The van der Waals surface area contributed by atoms with Crippen molar-refractivity contribution in [1.29, 1.82) is 0 Å². The maximum Gasteiger partial charge on any atom is 0.160 e. The first-order valence-corrected chi connectivity index (χ1v) is 5.55. The minimum absolute atomic E-state index is 0.0304. The smallest absolute Gasteiger partial charge is 0.160 e. The highest BCUT2D eigenvalue weighted by atomic mass is 16.6. The second kappa shape index (κ2) is 5.07. The molecule has 0 radical (unpaired) electrons. The SMILES string of the molecule is OCCCCOC(O)C1CC2C=CC1O2. The first-order valence-electron chi connectivity index (χ1n) is 5.55. The Labute approximate surface area is 89.5 Å². The van der Waals surface area contributed by atoms with Gasteiger partial charge < -0.3 is 19.7 Å². The van der Waals surface area contributed by atoms with Crippen molar-refractivity contribution in [1.82, 2.24) is 0 Å². The van der Waals surface area contributed by atoms with Gasteiger partial charge in [0.2, 0.25) is 0 Å². The van der Waals surface area contributed by atoms with Crippen LogP contribution in [0.5, 0.6) is 0 Å². The summed E-state index contributed by atoms with van der Waals surface area (Å²) in [4.78, 5) is 0. The van der Waals surface area contributed by atoms with Gasteiger partial charge in [0, 0.05) is 19.1 Å². The Bertz CT molecular complexity index is 229. The van der Waals surface area contributed by atoms with Gasteiger partial charge in [0.25, 0.3) is 0 Å². The molecule has 0 aromatic rings. The third-order valence-electron chi connectivity index (χ3n) is 2.98. The van der Waals surface area contributed by atoms with Crippen LogP contribution in [0.4, 0.5) is 0 Å². The van der Waals surface area contributed by atoms with E-state index in [1.807, 2.05) is 12.2 Å². The molecule has 4 nitrogen and oxygen atoms in total. The topological polar surface area (TPSA) is 58.9 Å². The van der Waals surface area contributed by atoms with E-state index in [0.29, 0.717) is 6.61 Å². The highest BCUT2D eigenvalue weighted by Gasteiger charge is 2.41. The van der Waals surface area contributed by atoms with Crippen LogP contribution in [-0.4, -0.2) is 41.9 Å². The summed E-state index contributed by atoms with van der Waals surface area (Å²) < 4.78 is 10.9. The summed E-state index contributed by atoms with van der Waals surface area (Å²) in [6.07, 6.45) is 5.87. The van der Waals surface area contributed by atoms with Gasteiger partial charge in [-0.25, -0.2) is 0 Å². The zero-order valence-electron chi connectivity index (χ0n) is 8.71. The number of fused-ring (bicyclic) bond motifs is 2. The summed E-state index contributed by atoms with van der Waals surface area (Å²) in [6.45, 7) is 0.679. The first-order chi connectivity index (χ1) is 7.31. The third-order valence-corrected chi connectivity index (χ3v) is 2.98. The monoisotopic (exact) mass is 214 g/mol. The van der Waals surface area contributed by atoms with Gasteiger partial charge in [0.15, 0.2) is 6.29 Å². The lowest BCUT2D eigenvalue weighted by molar-refractivity contribution is -0.141. The molecule has 0 aliphatic carbocycles. The molecular formula is C11H18O4. The minimum atomic E-state index is -0.733. The van der Waals surface area contributed by atoms with Crippen LogP contribution in [0.2, 0.25) is 0 Å². The summed E-state index contributed by atoms with van der Waals surface area (Å²) >= 11 is 0. The van der Waals surface area contributed by atoms with Gasteiger partial charge in [-0.2, -0.15) is 0 Å². The average molecular weight is 214 g/mol. The Balaban J connectivity index is 1.68. The fraction of sp³-hybridized carbons (Fsp3) is 0.818. The molecule has 1 fully saturated rings. The van der Waals surface area contributed by atoms with Crippen molar-refractivity contribution in [2.45, 2.75) is 37.8 Å². The molecule has 2 N–H and O–H groups in total. The summed E-state index contributed by atoms with van der Waals surface area (Å²) in [5.74, 6) is 0.0779. The van der Waals surface area contributed by atoms with Gasteiger partial charge in [0.05, 0.1) is 12.2 Å². The molecule has 4 atom stereocenters. The predicted molar refractivity (Wildman–Crippen MR) is 54.2 cm³/mol. The number of hydrogen-bond donors (Lipinski definition) is 2. The number of hydrogen-bond acceptors (Lipinski definition) is 4. The Hall–Kier alpha value is -0.420. The second-order valence-corrected chi connectivity index (χ2v) is 4.12. The van der Waals surface area contributed by atoms with E-state index in [-0.39, 0.29) is 24.7 Å². The molecule has 0 amide bonds. The average Bonchev–Trinajstić information content (AvgIpc) is 2.85. The van der Waals surface area contributed by atoms with E-state index in [0.717, 1.165) is 19.3 Å². The largest absolute Gasteiger partial charge is 0.396 e.